The molecule has 31 heavy (non-hydrogen) atoms. The summed E-state index contributed by atoms with van der Waals surface area (Å²) in [5, 5.41) is 2.74. The van der Waals surface area contributed by atoms with E-state index in [1.807, 2.05) is 4.90 Å². The van der Waals surface area contributed by atoms with Gasteiger partial charge in [0.25, 0.3) is 5.91 Å². The number of furan rings is 1. The molecule has 9 heteroatoms. The number of anilines is 2. The van der Waals surface area contributed by atoms with Gasteiger partial charge in [0.2, 0.25) is 5.91 Å². The third-order valence-corrected chi connectivity index (χ3v) is 5.91. The SMILES string of the molecule is O=C(Nc1cc(C(F)(F)F)ccc1N1CCCC1)C1CCN(C(=O)c2ccco2)CC1. The van der Waals surface area contributed by atoms with Crippen molar-refractivity contribution in [3.8, 4) is 0 Å². The number of carbonyl (C=O) groups is 2. The second-order valence-electron chi connectivity index (χ2n) is 7.96. The van der Waals surface area contributed by atoms with E-state index in [1.165, 1.54) is 12.3 Å². The smallest absolute Gasteiger partial charge is 0.416 e. The number of halogens is 3. The fourth-order valence-electron chi connectivity index (χ4n) is 4.18. The number of nitrogens with one attached hydrogen (secondary N) is 1. The molecule has 2 aliphatic heterocycles. The van der Waals surface area contributed by atoms with E-state index in [0.29, 0.717) is 31.6 Å². The molecule has 2 aliphatic rings. The molecule has 0 spiro atoms. The lowest BCUT2D eigenvalue weighted by molar-refractivity contribution is -0.137. The Balaban J connectivity index is 1.45. The number of benzene rings is 1. The lowest BCUT2D eigenvalue weighted by Gasteiger charge is -2.31. The highest BCUT2D eigenvalue weighted by Gasteiger charge is 2.33. The van der Waals surface area contributed by atoms with Gasteiger partial charge in [-0.3, -0.25) is 9.59 Å². The van der Waals surface area contributed by atoms with Crippen molar-refractivity contribution in [3.63, 3.8) is 0 Å². The van der Waals surface area contributed by atoms with Gasteiger partial charge < -0.3 is 19.5 Å². The Morgan fingerprint density at radius 1 is 1.03 bits per heavy atom. The van der Waals surface area contributed by atoms with Crippen LogP contribution < -0.4 is 10.2 Å². The van der Waals surface area contributed by atoms with Gasteiger partial charge >= 0.3 is 6.18 Å². The Morgan fingerprint density at radius 2 is 1.74 bits per heavy atom. The van der Waals surface area contributed by atoms with Crippen LogP contribution in [-0.4, -0.2) is 42.9 Å². The fraction of sp³-hybridized carbons (Fsp3) is 0.455. The topological polar surface area (TPSA) is 65.8 Å². The summed E-state index contributed by atoms with van der Waals surface area (Å²) >= 11 is 0. The van der Waals surface area contributed by atoms with E-state index in [9.17, 15) is 22.8 Å². The molecule has 1 aromatic carbocycles. The molecular formula is C22H24F3N3O3. The Labute approximate surface area is 178 Å². The Kier molecular flexibility index (Phi) is 5.93. The lowest BCUT2D eigenvalue weighted by Crippen LogP contribution is -2.41. The molecule has 4 rings (SSSR count). The average Bonchev–Trinajstić information content (AvgIpc) is 3.47. The zero-order valence-electron chi connectivity index (χ0n) is 17.0. The normalized spacial score (nSPS) is 17.8. The molecular weight excluding hydrogens is 411 g/mol. The molecule has 1 N–H and O–H groups in total. The summed E-state index contributed by atoms with van der Waals surface area (Å²) in [5.74, 6) is -0.660. The highest BCUT2D eigenvalue weighted by molar-refractivity contribution is 5.96. The van der Waals surface area contributed by atoms with E-state index in [0.717, 1.165) is 38.1 Å². The number of alkyl halides is 3. The third kappa shape index (κ3) is 4.70. The lowest BCUT2D eigenvalue weighted by atomic mass is 9.95. The second kappa shape index (κ2) is 8.64. The van der Waals surface area contributed by atoms with Gasteiger partial charge in [0.05, 0.1) is 23.2 Å². The van der Waals surface area contributed by atoms with Crippen LogP contribution in [0.3, 0.4) is 0 Å². The van der Waals surface area contributed by atoms with Gasteiger partial charge in [-0.2, -0.15) is 13.2 Å². The minimum absolute atomic E-state index is 0.191. The van der Waals surface area contributed by atoms with Crippen LogP contribution in [-0.2, 0) is 11.0 Å². The van der Waals surface area contributed by atoms with Crippen molar-refractivity contribution in [1.82, 2.24) is 4.90 Å². The third-order valence-electron chi connectivity index (χ3n) is 5.91. The van der Waals surface area contributed by atoms with Gasteiger partial charge in [-0.15, -0.1) is 0 Å². The first-order valence-electron chi connectivity index (χ1n) is 10.4. The van der Waals surface area contributed by atoms with Crippen LogP contribution in [0.2, 0.25) is 0 Å². The van der Waals surface area contributed by atoms with Gasteiger partial charge in [-0.05, 0) is 56.0 Å². The summed E-state index contributed by atoms with van der Waals surface area (Å²) < 4.78 is 44.8. The molecule has 2 amide bonds. The van der Waals surface area contributed by atoms with Crippen molar-refractivity contribution < 1.29 is 27.2 Å². The first kappa shape index (κ1) is 21.3. The van der Waals surface area contributed by atoms with Crippen LogP contribution in [0, 0.1) is 5.92 Å². The van der Waals surface area contributed by atoms with E-state index in [-0.39, 0.29) is 29.2 Å². The maximum atomic E-state index is 13.2. The molecule has 3 heterocycles. The molecule has 0 saturated carbocycles. The fourth-order valence-corrected chi connectivity index (χ4v) is 4.18. The molecule has 0 unspecified atom stereocenters. The van der Waals surface area contributed by atoms with Crippen molar-refractivity contribution >= 4 is 23.2 Å². The predicted molar refractivity (Wildman–Crippen MR) is 109 cm³/mol. The molecule has 2 aromatic rings. The number of rotatable bonds is 4. The zero-order valence-corrected chi connectivity index (χ0v) is 17.0. The standard InChI is InChI=1S/C22H24F3N3O3/c23-22(24,25)16-5-6-18(27-9-1-2-10-27)17(14-16)26-20(29)15-7-11-28(12-8-15)21(30)19-4-3-13-31-19/h3-6,13-15H,1-2,7-12H2,(H,26,29). The van der Waals surface area contributed by atoms with Gasteiger partial charge in [-0.1, -0.05) is 0 Å². The van der Waals surface area contributed by atoms with E-state index in [2.05, 4.69) is 5.32 Å². The summed E-state index contributed by atoms with van der Waals surface area (Å²) in [7, 11) is 0. The van der Waals surface area contributed by atoms with Crippen LogP contribution in [0.15, 0.2) is 41.0 Å². The monoisotopic (exact) mass is 435 g/mol. The number of piperidine rings is 1. The molecule has 0 atom stereocenters. The van der Waals surface area contributed by atoms with E-state index >= 15 is 0 Å². The van der Waals surface area contributed by atoms with Crippen molar-refractivity contribution in [2.45, 2.75) is 31.9 Å². The second-order valence-corrected chi connectivity index (χ2v) is 7.96. The summed E-state index contributed by atoms with van der Waals surface area (Å²) in [4.78, 5) is 28.9. The van der Waals surface area contributed by atoms with Gasteiger partial charge in [0, 0.05) is 32.1 Å². The molecule has 166 valence electrons. The van der Waals surface area contributed by atoms with Crippen LogP contribution in [0.5, 0.6) is 0 Å². The van der Waals surface area contributed by atoms with Crippen LogP contribution in [0.4, 0.5) is 24.5 Å². The van der Waals surface area contributed by atoms with E-state index in [4.69, 9.17) is 4.42 Å². The largest absolute Gasteiger partial charge is 0.459 e. The predicted octanol–water partition coefficient (Wildman–Crippen LogP) is 4.39. The maximum absolute atomic E-state index is 13.2. The van der Waals surface area contributed by atoms with Crippen LogP contribution in [0.1, 0.15) is 41.8 Å². The number of hydrogen-bond donors (Lipinski definition) is 1. The molecule has 1 aromatic heterocycles. The van der Waals surface area contributed by atoms with Gasteiger partial charge in [0.1, 0.15) is 0 Å². The highest BCUT2D eigenvalue weighted by atomic mass is 19.4. The van der Waals surface area contributed by atoms with Gasteiger partial charge in [-0.25, -0.2) is 0 Å². The molecule has 0 bridgehead atoms. The quantitative estimate of drug-likeness (QED) is 0.774. The number of nitrogens with zero attached hydrogens (tertiary/aromatic N) is 2. The molecule has 6 nitrogen and oxygen atoms in total. The first-order chi connectivity index (χ1) is 14.8. The molecule has 2 fully saturated rings. The molecule has 0 radical (unpaired) electrons. The van der Waals surface area contributed by atoms with Crippen molar-refractivity contribution in [2.24, 2.45) is 5.92 Å². The minimum Gasteiger partial charge on any atom is -0.459 e. The molecule has 0 aliphatic carbocycles. The minimum atomic E-state index is -4.49. The maximum Gasteiger partial charge on any atom is 0.416 e. The van der Waals surface area contributed by atoms with E-state index < -0.39 is 11.7 Å². The summed E-state index contributed by atoms with van der Waals surface area (Å²) in [5.41, 5.74) is 0.0183. The van der Waals surface area contributed by atoms with Crippen molar-refractivity contribution in [2.75, 3.05) is 36.4 Å². The van der Waals surface area contributed by atoms with Crippen LogP contribution >= 0.6 is 0 Å². The number of carbonyl (C=O) groups excluding carboxylic acids is 2. The Bertz CT molecular complexity index is 929. The number of hydrogen-bond acceptors (Lipinski definition) is 4. The van der Waals surface area contributed by atoms with Crippen LogP contribution in [0.25, 0.3) is 0 Å². The Morgan fingerprint density at radius 3 is 2.35 bits per heavy atom. The number of amides is 2. The summed E-state index contributed by atoms with van der Waals surface area (Å²) in [6, 6.07) is 6.74. The average molecular weight is 435 g/mol. The van der Waals surface area contributed by atoms with Crippen molar-refractivity contribution in [3.05, 3.63) is 47.9 Å². The van der Waals surface area contributed by atoms with E-state index in [1.54, 1.807) is 17.0 Å². The zero-order chi connectivity index (χ0) is 22.0. The Hall–Kier alpha value is -2.97. The molecule has 2 saturated heterocycles. The summed E-state index contributed by atoms with van der Waals surface area (Å²) in [6.07, 6.45) is -0.235. The van der Waals surface area contributed by atoms with Gasteiger partial charge in [0.15, 0.2) is 5.76 Å². The van der Waals surface area contributed by atoms with Crippen molar-refractivity contribution in [1.29, 1.82) is 0 Å². The summed E-state index contributed by atoms with van der Waals surface area (Å²) in [6.45, 7) is 2.28. The first-order valence-corrected chi connectivity index (χ1v) is 10.4. The highest BCUT2D eigenvalue weighted by Crippen LogP contribution is 2.37. The number of likely N-dealkylation sites (tertiary alicyclic amines) is 1.